The van der Waals surface area contributed by atoms with Gasteiger partial charge in [-0.2, -0.15) is 0 Å². The molecule has 33 heavy (non-hydrogen) atoms. The molecule has 2 aromatic rings. The molecule has 4 rings (SSSR count). The topological polar surface area (TPSA) is 125 Å². The number of rotatable bonds is 8. The molecule has 8 nitrogen and oxygen atoms in total. The summed E-state index contributed by atoms with van der Waals surface area (Å²) in [5, 5.41) is 22.7. The molecule has 3 N–H and O–H groups in total. The third kappa shape index (κ3) is 4.40. The van der Waals surface area contributed by atoms with Gasteiger partial charge in [0.25, 0.3) is 5.91 Å². The summed E-state index contributed by atoms with van der Waals surface area (Å²) in [6.45, 7) is 1.45. The van der Waals surface area contributed by atoms with E-state index in [0.717, 1.165) is 35.8 Å². The molecule has 1 fully saturated rings. The van der Waals surface area contributed by atoms with Gasteiger partial charge < -0.3 is 9.94 Å². The van der Waals surface area contributed by atoms with Gasteiger partial charge >= 0.3 is 0 Å². The number of nitrogens with one attached hydrogen (secondary N) is 1. The van der Waals surface area contributed by atoms with Gasteiger partial charge in [-0.15, -0.1) is 0 Å². The van der Waals surface area contributed by atoms with Crippen LogP contribution in [0.2, 0.25) is 0 Å². The van der Waals surface area contributed by atoms with Gasteiger partial charge in [-0.1, -0.05) is 53.7 Å². The van der Waals surface area contributed by atoms with Crippen LogP contribution in [0.3, 0.4) is 0 Å². The fourth-order valence-electron chi connectivity index (χ4n) is 4.23. The molecule has 0 saturated heterocycles. The molecule has 1 aliphatic carbocycles. The van der Waals surface area contributed by atoms with E-state index >= 15 is 0 Å². The Bertz CT molecular complexity index is 1170. The predicted octanol–water partition coefficient (Wildman–Crippen LogP) is 2.57. The van der Waals surface area contributed by atoms with E-state index < -0.39 is 26.6 Å². The highest BCUT2D eigenvalue weighted by Crippen LogP contribution is 2.47. The lowest BCUT2D eigenvalue weighted by Gasteiger charge is -2.26. The van der Waals surface area contributed by atoms with Crippen LogP contribution in [0.5, 0.6) is 0 Å². The minimum atomic E-state index is -3.81. The number of benzene rings is 2. The van der Waals surface area contributed by atoms with Crippen molar-refractivity contribution in [3.8, 4) is 11.1 Å². The van der Waals surface area contributed by atoms with Crippen LogP contribution >= 0.6 is 0 Å². The van der Waals surface area contributed by atoms with Crippen LogP contribution in [-0.2, 0) is 24.9 Å². The monoisotopic (exact) mass is 472 g/mol. The Morgan fingerprint density at radius 1 is 1.12 bits per heavy atom. The highest BCUT2D eigenvalue weighted by molar-refractivity contribution is 7.92. The molecular formula is C24H28N2O6S. The molecule has 2 aromatic carbocycles. The summed E-state index contributed by atoms with van der Waals surface area (Å²) in [6, 6.07) is 16.1. The van der Waals surface area contributed by atoms with E-state index in [1.54, 1.807) is 0 Å². The van der Waals surface area contributed by atoms with Crippen LogP contribution in [0.4, 0.5) is 0 Å². The summed E-state index contributed by atoms with van der Waals surface area (Å²) >= 11 is 0. The standard InChI is InChI=1S/C24H28N2O6S/c1-23(22(28)25-29,33(2,30)31)14-20-13-21(26-32-20)18-5-3-16(4-6-18)17-7-9-19(10-8-17)24(15-27)11-12-24/h3-10,20,27,29H,11-15H2,1-2H3,(H,25,28)/t20-,23-/m1/s1. The summed E-state index contributed by atoms with van der Waals surface area (Å²) < 4.78 is 22.5. The first kappa shape index (κ1) is 23.4. The molecule has 0 unspecified atom stereocenters. The van der Waals surface area contributed by atoms with Gasteiger partial charge in [-0.05, 0) is 42.0 Å². The fraction of sp³-hybridized carbons (Fsp3) is 0.417. The minimum Gasteiger partial charge on any atom is -0.395 e. The van der Waals surface area contributed by atoms with E-state index in [1.165, 1.54) is 18.0 Å². The van der Waals surface area contributed by atoms with Gasteiger partial charge in [0.15, 0.2) is 14.6 Å². The number of hydrogen-bond acceptors (Lipinski definition) is 7. The number of carbonyl (C=O) groups excluding carboxylic acids is 1. The first-order valence-corrected chi connectivity index (χ1v) is 12.7. The molecule has 2 aliphatic rings. The Balaban J connectivity index is 1.43. The van der Waals surface area contributed by atoms with Crippen molar-refractivity contribution in [3.63, 3.8) is 0 Å². The Kier molecular flexibility index (Phi) is 6.07. The number of oxime groups is 1. The number of carbonyl (C=O) groups is 1. The smallest absolute Gasteiger partial charge is 0.264 e. The fourth-order valence-corrected chi connectivity index (χ4v) is 5.10. The van der Waals surface area contributed by atoms with Crippen LogP contribution in [0.1, 0.15) is 43.7 Å². The molecule has 2 atom stereocenters. The summed E-state index contributed by atoms with van der Waals surface area (Å²) in [7, 11) is -3.81. The third-order valence-corrected chi connectivity index (χ3v) is 8.94. The highest BCUT2D eigenvalue weighted by Gasteiger charge is 2.47. The molecule has 0 bridgehead atoms. The maximum atomic E-state index is 12.2. The van der Waals surface area contributed by atoms with Crippen molar-refractivity contribution < 1.29 is 28.4 Å². The Hall–Kier alpha value is -2.75. The average molecular weight is 473 g/mol. The Labute approximate surface area is 193 Å². The van der Waals surface area contributed by atoms with Crippen molar-refractivity contribution in [2.45, 2.75) is 48.9 Å². The largest absolute Gasteiger partial charge is 0.395 e. The van der Waals surface area contributed by atoms with Gasteiger partial charge in [0.05, 0.1) is 12.3 Å². The Morgan fingerprint density at radius 2 is 1.67 bits per heavy atom. The number of nitrogens with zero attached hydrogens (tertiary/aromatic N) is 1. The molecule has 9 heteroatoms. The third-order valence-electron chi connectivity index (χ3n) is 6.96. The maximum absolute atomic E-state index is 12.2. The molecule has 1 saturated carbocycles. The second-order valence-corrected chi connectivity index (χ2v) is 11.7. The van der Waals surface area contributed by atoms with Crippen molar-refractivity contribution in [2.24, 2.45) is 5.16 Å². The van der Waals surface area contributed by atoms with E-state index in [9.17, 15) is 18.3 Å². The summed E-state index contributed by atoms with van der Waals surface area (Å²) in [5.41, 5.74) is 6.19. The summed E-state index contributed by atoms with van der Waals surface area (Å²) in [6.07, 6.45) is 2.61. The maximum Gasteiger partial charge on any atom is 0.264 e. The van der Waals surface area contributed by atoms with Crippen LogP contribution in [0.15, 0.2) is 53.7 Å². The second-order valence-electron chi connectivity index (χ2n) is 9.21. The first-order chi connectivity index (χ1) is 15.6. The van der Waals surface area contributed by atoms with Gasteiger partial charge in [0.2, 0.25) is 0 Å². The van der Waals surface area contributed by atoms with Crippen LogP contribution in [0.25, 0.3) is 11.1 Å². The lowest BCUT2D eigenvalue weighted by Crippen LogP contribution is -2.51. The lowest BCUT2D eigenvalue weighted by molar-refractivity contribution is -0.132. The number of hydrogen-bond donors (Lipinski definition) is 3. The zero-order valence-corrected chi connectivity index (χ0v) is 19.4. The van der Waals surface area contributed by atoms with Gasteiger partial charge in [-0.25, -0.2) is 13.9 Å². The summed E-state index contributed by atoms with van der Waals surface area (Å²) in [4.78, 5) is 17.5. The second kappa shape index (κ2) is 8.55. The molecule has 176 valence electrons. The van der Waals surface area contributed by atoms with E-state index in [-0.39, 0.29) is 18.4 Å². The van der Waals surface area contributed by atoms with Crippen molar-refractivity contribution in [1.29, 1.82) is 0 Å². The summed E-state index contributed by atoms with van der Waals surface area (Å²) in [5.74, 6) is -0.996. The molecule has 1 heterocycles. The van der Waals surface area contributed by atoms with Crippen molar-refractivity contribution in [2.75, 3.05) is 12.9 Å². The van der Waals surface area contributed by atoms with Crippen molar-refractivity contribution >= 4 is 21.5 Å². The van der Waals surface area contributed by atoms with E-state index in [4.69, 9.17) is 10.0 Å². The molecule has 1 amide bonds. The molecule has 0 spiro atoms. The van der Waals surface area contributed by atoms with Crippen LogP contribution in [0, 0.1) is 0 Å². The molecule has 0 radical (unpaired) electrons. The predicted molar refractivity (Wildman–Crippen MR) is 124 cm³/mol. The number of sulfone groups is 1. The van der Waals surface area contributed by atoms with E-state index in [1.807, 2.05) is 24.3 Å². The molecule has 1 aliphatic heterocycles. The Morgan fingerprint density at radius 3 is 2.15 bits per heavy atom. The van der Waals surface area contributed by atoms with Gasteiger partial charge in [0.1, 0.15) is 6.10 Å². The molecule has 0 aromatic heterocycles. The van der Waals surface area contributed by atoms with Crippen molar-refractivity contribution in [1.82, 2.24) is 5.48 Å². The number of hydroxylamine groups is 1. The highest BCUT2D eigenvalue weighted by atomic mass is 32.2. The zero-order valence-electron chi connectivity index (χ0n) is 18.6. The normalized spacial score (nSPS) is 21.0. The van der Waals surface area contributed by atoms with E-state index in [2.05, 4.69) is 29.4 Å². The van der Waals surface area contributed by atoms with Crippen LogP contribution < -0.4 is 5.48 Å². The molecular weight excluding hydrogens is 444 g/mol. The first-order valence-electron chi connectivity index (χ1n) is 10.8. The number of aliphatic hydroxyl groups is 1. The van der Waals surface area contributed by atoms with Crippen molar-refractivity contribution in [3.05, 3.63) is 59.7 Å². The van der Waals surface area contributed by atoms with Crippen LogP contribution in [-0.4, -0.2) is 54.1 Å². The van der Waals surface area contributed by atoms with Gasteiger partial charge in [-0.3, -0.25) is 10.0 Å². The minimum absolute atomic E-state index is 0.0510. The lowest BCUT2D eigenvalue weighted by atomic mass is 9.93. The SMILES string of the molecule is C[C@@](C[C@H]1CC(c2ccc(-c3ccc(C4(CO)CC4)cc3)cc2)=NO1)(C(=O)NO)S(C)(=O)=O. The van der Waals surface area contributed by atoms with E-state index in [0.29, 0.717) is 12.1 Å². The quantitative estimate of drug-likeness (QED) is 0.401. The zero-order chi connectivity index (χ0) is 23.9. The number of amides is 1. The number of aliphatic hydroxyl groups excluding tert-OH is 1. The van der Waals surface area contributed by atoms with Gasteiger partial charge in [0, 0.05) is 24.5 Å². The average Bonchev–Trinajstić information content (AvgIpc) is 3.49.